The monoisotopic (exact) mass is 476 g/mol. The number of ether oxygens (including phenoxy) is 2. The highest BCUT2D eigenvalue weighted by Crippen LogP contribution is 2.52. The van der Waals surface area contributed by atoms with Crippen LogP contribution in [0.25, 0.3) is 0 Å². The molecule has 1 saturated heterocycles. The standard InChI is InChI=1S/C26H25FN4O4/c1-30-11-16-3-2-4-21(20(16)12-30)34-18-8-26(9-18)13-31(14-26)24-23(10-28-15-29-24)35-22-6-5-17(27)7-19(22)25(32)33/h2-7,10,15,18H,8-9,11-14H2,1H3,(H,32,33). The van der Waals surface area contributed by atoms with E-state index in [4.69, 9.17) is 9.47 Å². The van der Waals surface area contributed by atoms with Crippen LogP contribution < -0.4 is 14.4 Å². The van der Waals surface area contributed by atoms with Gasteiger partial charge in [-0.25, -0.2) is 19.2 Å². The second kappa shape index (κ2) is 8.20. The number of halogens is 1. The summed E-state index contributed by atoms with van der Waals surface area (Å²) in [6.07, 6.45) is 5.10. The van der Waals surface area contributed by atoms with Crippen molar-refractivity contribution in [2.75, 3.05) is 25.0 Å². The van der Waals surface area contributed by atoms with Crippen molar-refractivity contribution in [1.29, 1.82) is 0 Å². The number of fused-ring (bicyclic) bond motifs is 1. The molecule has 2 aromatic carbocycles. The zero-order valence-corrected chi connectivity index (χ0v) is 19.3. The Hall–Kier alpha value is -3.72. The van der Waals surface area contributed by atoms with E-state index in [-0.39, 0.29) is 22.8 Å². The molecule has 8 nitrogen and oxygen atoms in total. The summed E-state index contributed by atoms with van der Waals surface area (Å²) in [6, 6.07) is 9.72. The second-order valence-electron chi connectivity index (χ2n) is 9.83. The fourth-order valence-electron chi connectivity index (χ4n) is 5.50. The van der Waals surface area contributed by atoms with Crippen LogP contribution in [-0.4, -0.2) is 52.2 Å². The largest absolute Gasteiger partial charge is 0.490 e. The summed E-state index contributed by atoms with van der Waals surface area (Å²) in [6.45, 7) is 3.51. The number of anilines is 1. The summed E-state index contributed by atoms with van der Waals surface area (Å²) in [5, 5.41) is 9.40. The zero-order valence-electron chi connectivity index (χ0n) is 19.3. The van der Waals surface area contributed by atoms with Crippen molar-refractivity contribution in [3.63, 3.8) is 0 Å². The Morgan fingerprint density at radius 1 is 1.14 bits per heavy atom. The molecule has 1 aromatic heterocycles. The van der Waals surface area contributed by atoms with Gasteiger partial charge in [-0.05, 0) is 49.7 Å². The van der Waals surface area contributed by atoms with Crippen molar-refractivity contribution in [3.8, 4) is 17.2 Å². The molecular weight excluding hydrogens is 451 g/mol. The molecule has 0 radical (unpaired) electrons. The van der Waals surface area contributed by atoms with Gasteiger partial charge in [0.1, 0.15) is 35.3 Å². The minimum Gasteiger partial charge on any atom is -0.490 e. The molecule has 1 saturated carbocycles. The Morgan fingerprint density at radius 3 is 2.77 bits per heavy atom. The molecule has 1 spiro atoms. The number of hydrogen-bond acceptors (Lipinski definition) is 7. The Labute approximate surface area is 201 Å². The lowest BCUT2D eigenvalue weighted by atomic mass is 9.61. The summed E-state index contributed by atoms with van der Waals surface area (Å²) < 4.78 is 25.8. The van der Waals surface area contributed by atoms with Crippen molar-refractivity contribution >= 4 is 11.8 Å². The molecule has 0 atom stereocenters. The molecule has 0 amide bonds. The van der Waals surface area contributed by atoms with Gasteiger partial charge in [0.25, 0.3) is 0 Å². The summed E-state index contributed by atoms with van der Waals surface area (Å²) in [7, 11) is 2.12. The number of benzene rings is 2. The fraction of sp³-hybridized carbons (Fsp3) is 0.346. The highest BCUT2D eigenvalue weighted by atomic mass is 19.1. The number of hydrogen-bond donors (Lipinski definition) is 1. The van der Waals surface area contributed by atoms with Gasteiger partial charge in [0.15, 0.2) is 11.6 Å². The highest BCUT2D eigenvalue weighted by molar-refractivity contribution is 5.91. The van der Waals surface area contributed by atoms with Crippen LogP contribution in [0.1, 0.15) is 34.3 Å². The van der Waals surface area contributed by atoms with Crippen LogP contribution in [0.5, 0.6) is 17.2 Å². The van der Waals surface area contributed by atoms with E-state index < -0.39 is 11.8 Å². The average Bonchev–Trinajstić information content (AvgIpc) is 3.17. The molecular formula is C26H25FN4O4. The van der Waals surface area contributed by atoms with Gasteiger partial charge in [-0.3, -0.25) is 4.90 Å². The third-order valence-corrected chi connectivity index (χ3v) is 7.12. The van der Waals surface area contributed by atoms with Gasteiger partial charge in [-0.1, -0.05) is 12.1 Å². The first-order chi connectivity index (χ1) is 16.9. The number of aromatic carboxylic acids is 1. The van der Waals surface area contributed by atoms with Gasteiger partial charge >= 0.3 is 5.97 Å². The smallest absolute Gasteiger partial charge is 0.339 e. The Kier molecular flexibility index (Phi) is 5.10. The predicted molar refractivity (Wildman–Crippen MR) is 125 cm³/mol. The molecule has 3 aliphatic rings. The zero-order chi connectivity index (χ0) is 24.2. The number of aromatic nitrogens is 2. The van der Waals surface area contributed by atoms with Crippen molar-refractivity contribution in [2.24, 2.45) is 5.41 Å². The van der Waals surface area contributed by atoms with Crippen molar-refractivity contribution in [1.82, 2.24) is 14.9 Å². The SMILES string of the molecule is CN1Cc2cccc(OC3CC4(C3)CN(c3ncncc3Oc3ccc(F)cc3C(=O)O)C4)c2C1. The highest BCUT2D eigenvalue weighted by Gasteiger charge is 2.54. The van der Waals surface area contributed by atoms with Crippen LogP contribution in [0.15, 0.2) is 48.9 Å². The van der Waals surface area contributed by atoms with E-state index in [0.29, 0.717) is 11.6 Å². The third-order valence-electron chi connectivity index (χ3n) is 7.12. The van der Waals surface area contributed by atoms with E-state index in [0.717, 1.165) is 50.8 Å². The fourth-order valence-corrected chi connectivity index (χ4v) is 5.50. The van der Waals surface area contributed by atoms with Crippen LogP contribution in [0.3, 0.4) is 0 Å². The van der Waals surface area contributed by atoms with Crippen LogP contribution in [-0.2, 0) is 13.1 Å². The van der Waals surface area contributed by atoms with Gasteiger partial charge in [0.2, 0.25) is 0 Å². The molecule has 2 fully saturated rings. The number of rotatable bonds is 6. The number of nitrogens with zero attached hydrogens (tertiary/aromatic N) is 4. The Bertz CT molecular complexity index is 1300. The van der Waals surface area contributed by atoms with Crippen molar-refractivity contribution < 1.29 is 23.8 Å². The molecule has 9 heteroatoms. The first-order valence-electron chi connectivity index (χ1n) is 11.6. The van der Waals surface area contributed by atoms with Crippen LogP contribution >= 0.6 is 0 Å². The summed E-state index contributed by atoms with van der Waals surface area (Å²) in [4.78, 5) is 24.3. The molecule has 3 aromatic rings. The maximum atomic E-state index is 13.5. The minimum absolute atomic E-state index is 0.0448. The number of carboxylic acids is 1. The molecule has 1 N–H and O–H groups in total. The van der Waals surface area contributed by atoms with Gasteiger partial charge in [-0.2, -0.15) is 0 Å². The summed E-state index contributed by atoms with van der Waals surface area (Å²) >= 11 is 0. The van der Waals surface area contributed by atoms with Crippen LogP contribution in [0.4, 0.5) is 10.2 Å². The van der Waals surface area contributed by atoms with E-state index in [2.05, 4.69) is 45.0 Å². The normalized spacial score (nSPS) is 18.6. The molecule has 3 heterocycles. The van der Waals surface area contributed by atoms with E-state index in [9.17, 15) is 14.3 Å². The Balaban J connectivity index is 1.11. The van der Waals surface area contributed by atoms with Gasteiger partial charge in [0.05, 0.1) is 6.20 Å². The predicted octanol–water partition coefficient (Wildman–Crippen LogP) is 4.10. The lowest BCUT2D eigenvalue weighted by molar-refractivity contribution is -0.0349. The maximum Gasteiger partial charge on any atom is 0.339 e. The van der Waals surface area contributed by atoms with Crippen LogP contribution in [0, 0.1) is 11.2 Å². The third kappa shape index (κ3) is 3.95. The van der Waals surface area contributed by atoms with Gasteiger partial charge < -0.3 is 19.5 Å². The van der Waals surface area contributed by atoms with E-state index >= 15 is 0 Å². The van der Waals surface area contributed by atoms with Crippen LogP contribution in [0.2, 0.25) is 0 Å². The van der Waals surface area contributed by atoms with Gasteiger partial charge in [0, 0.05) is 37.2 Å². The van der Waals surface area contributed by atoms with Gasteiger partial charge in [-0.15, -0.1) is 0 Å². The van der Waals surface area contributed by atoms with Crippen molar-refractivity contribution in [3.05, 3.63) is 71.4 Å². The number of carboxylic acid groups (broad SMARTS) is 1. The molecule has 180 valence electrons. The molecule has 6 rings (SSSR count). The maximum absolute atomic E-state index is 13.5. The lowest BCUT2D eigenvalue weighted by Gasteiger charge is -2.59. The number of carbonyl (C=O) groups is 1. The summed E-state index contributed by atoms with van der Waals surface area (Å²) in [5.74, 6) is 0.0774. The van der Waals surface area contributed by atoms with E-state index in [1.165, 1.54) is 35.8 Å². The average molecular weight is 477 g/mol. The lowest BCUT2D eigenvalue weighted by Crippen LogP contribution is -2.65. The quantitative estimate of drug-likeness (QED) is 0.569. The van der Waals surface area contributed by atoms with E-state index in [1.807, 2.05) is 0 Å². The first-order valence-corrected chi connectivity index (χ1v) is 11.6. The first kappa shape index (κ1) is 21.8. The minimum atomic E-state index is -1.27. The molecule has 2 aliphatic heterocycles. The topological polar surface area (TPSA) is 88.0 Å². The van der Waals surface area contributed by atoms with Crippen molar-refractivity contribution in [2.45, 2.75) is 32.0 Å². The summed E-state index contributed by atoms with van der Waals surface area (Å²) in [5.41, 5.74) is 2.58. The molecule has 0 unspecified atom stereocenters. The molecule has 35 heavy (non-hydrogen) atoms. The van der Waals surface area contributed by atoms with E-state index in [1.54, 1.807) is 0 Å². The molecule has 0 bridgehead atoms. The second-order valence-corrected chi connectivity index (χ2v) is 9.83. The molecule has 1 aliphatic carbocycles. The Morgan fingerprint density at radius 2 is 1.97 bits per heavy atom.